The molecule has 0 aromatic heterocycles. The van der Waals surface area contributed by atoms with E-state index >= 15 is 0 Å². The number of esters is 1. The van der Waals surface area contributed by atoms with E-state index in [0.717, 1.165) is 18.5 Å². The number of anilines is 1. The summed E-state index contributed by atoms with van der Waals surface area (Å²) in [7, 11) is 0. The van der Waals surface area contributed by atoms with Crippen LogP contribution in [0.15, 0.2) is 40.5 Å². The smallest absolute Gasteiger partial charge is 0.338 e. The number of carbonyl (C=O) groups is 3. The maximum atomic E-state index is 12.8. The number of rotatable bonds is 11. The second-order valence-corrected chi connectivity index (χ2v) is 9.15. The van der Waals surface area contributed by atoms with Gasteiger partial charge in [0.1, 0.15) is 12.4 Å². The molecule has 1 aromatic rings. The summed E-state index contributed by atoms with van der Waals surface area (Å²) in [5.41, 5.74) is 2.47. The highest BCUT2D eigenvalue weighted by molar-refractivity contribution is 6.24. The molecule has 0 N–H and O–H groups in total. The van der Waals surface area contributed by atoms with Crippen molar-refractivity contribution >= 4 is 46.4 Å². The van der Waals surface area contributed by atoms with Gasteiger partial charge in [-0.1, -0.05) is 0 Å². The minimum absolute atomic E-state index is 0.197. The molecule has 0 heterocycles. The molecule has 8 heteroatoms. The van der Waals surface area contributed by atoms with Gasteiger partial charge >= 0.3 is 5.97 Å². The van der Waals surface area contributed by atoms with Crippen molar-refractivity contribution in [2.75, 3.05) is 43.0 Å². The summed E-state index contributed by atoms with van der Waals surface area (Å²) in [6.45, 7) is 6.32. The summed E-state index contributed by atoms with van der Waals surface area (Å²) >= 11 is 11.9. The first-order valence-electron chi connectivity index (χ1n) is 11.1. The van der Waals surface area contributed by atoms with Crippen molar-refractivity contribution in [1.29, 1.82) is 0 Å². The van der Waals surface area contributed by atoms with Gasteiger partial charge in [0.15, 0.2) is 11.6 Å². The molecule has 33 heavy (non-hydrogen) atoms. The highest BCUT2D eigenvalue weighted by atomic mass is 35.5. The van der Waals surface area contributed by atoms with Crippen LogP contribution in [0.4, 0.5) is 5.69 Å². The molecule has 0 saturated heterocycles. The summed E-state index contributed by atoms with van der Waals surface area (Å²) in [5, 5.41) is 0. The Bertz CT molecular complexity index is 1000. The first-order chi connectivity index (χ1) is 15.8. The van der Waals surface area contributed by atoms with Crippen LogP contribution < -0.4 is 9.64 Å². The second-order valence-electron chi connectivity index (χ2n) is 8.39. The molecule has 3 rings (SSSR count). The number of ketones is 2. The maximum Gasteiger partial charge on any atom is 0.338 e. The molecule has 178 valence electrons. The van der Waals surface area contributed by atoms with Gasteiger partial charge in [-0.15, -0.1) is 23.2 Å². The van der Waals surface area contributed by atoms with Gasteiger partial charge in [-0.05, 0) is 57.7 Å². The van der Waals surface area contributed by atoms with E-state index in [0.29, 0.717) is 65.4 Å². The van der Waals surface area contributed by atoms with Gasteiger partial charge in [0.05, 0.1) is 17.9 Å². The number of benzene rings is 1. The van der Waals surface area contributed by atoms with Crippen molar-refractivity contribution in [2.45, 2.75) is 33.6 Å². The molecule has 6 nitrogen and oxygen atoms in total. The molecule has 0 bridgehead atoms. The van der Waals surface area contributed by atoms with Crippen LogP contribution in [0.2, 0.25) is 0 Å². The van der Waals surface area contributed by atoms with E-state index < -0.39 is 5.97 Å². The summed E-state index contributed by atoms with van der Waals surface area (Å²) in [6, 6.07) is 5.11. The van der Waals surface area contributed by atoms with E-state index in [-0.39, 0.29) is 23.7 Å². The highest BCUT2D eigenvalue weighted by Crippen LogP contribution is 2.34. The summed E-state index contributed by atoms with van der Waals surface area (Å²) in [5.74, 6) is 0.904. The number of halogens is 2. The molecule has 1 fully saturated rings. The van der Waals surface area contributed by atoms with E-state index in [1.165, 1.54) is 0 Å². The normalized spacial score (nSPS) is 16.4. The molecule has 2 aliphatic rings. The van der Waals surface area contributed by atoms with Crippen molar-refractivity contribution in [3.05, 3.63) is 46.1 Å². The summed E-state index contributed by atoms with van der Waals surface area (Å²) in [4.78, 5) is 39.8. The Balaban J connectivity index is 1.79. The topological polar surface area (TPSA) is 72.9 Å². The lowest BCUT2D eigenvalue weighted by Crippen LogP contribution is -2.28. The second kappa shape index (κ2) is 11.2. The van der Waals surface area contributed by atoms with Gasteiger partial charge in [-0.2, -0.15) is 0 Å². The Labute approximate surface area is 204 Å². The zero-order valence-electron chi connectivity index (χ0n) is 19.2. The fourth-order valence-electron chi connectivity index (χ4n) is 3.62. The predicted molar refractivity (Wildman–Crippen MR) is 130 cm³/mol. The lowest BCUT2D eigenvalue weighted by Gasteiger charge is -2.26. The van der Waals surface area contributed by atoms with Crippen molar-refractivity contribution in [2.24, 2.45) is 5.92 Å². The lowest BCUT2D eigenvalue weighted by molar-refractivity contribution is -0.116. The van der Waals surface area contributed by atoms with Crippen LogP contribution >= 0.6 is 23.2 Å². The number of nitrogens with zero attached hydrogens (tertiary/aromatic N) is 1. The van der Waals surface area contributed by atoms with Crippen molar-refractivity contribution in [3.8, 4) is 5.75 Å². The number of hydrogen-bond acceptors (Lipinski definition) is 6. The molecule has 0 aliphatic heterocycles. The van der Waals surface area contributed by atoms with Gasteiger partial charge in [0, 0.05) is 47.1 Å². The number of Topliss-reactive ketones (excluding diaryl/α,β-unsaturated/α-hetero) is 2. The number of carbonyl (C=O) groups excluding carboxylic acids is 3. The summed E-state index contributed by atoms with van der Waals surface area (Å²) < 4.78 is 11.5. The molecule has 0 amide bonds. The zero-order valence-corrected chi connectivity index (χ0v) is 20.7. The molecule has 2 aliphatic carbocycles. The Hall–Kier alpha value is -2.31. The van der Waals surface area contributed by atoms with Gasteiger partial charge in [-0.25, -0.2) is 4.79 Å². The van der Waals surface area contributed by atoms with Crippen molar-refractivity contribution < 1.29 is 23.9 Å². The largest absolute Gasteiger partial charge is 0.491 e. The zero-order chi connectivity index (χ0) is 24.1. The first-order valence-corrected chi connectivity index (χ1v) is 12.1. The van der Waals surface area contributed by atoms with E-state index in [1.54, 1.807) is 39.0 Å². The molecule has 1 saturated carbocycles. The van der Waals surface area contributed by atoms with Crippen LogP contribution in [0.25, 0.3) is 0 Å². The van der Waals surface area contributed by atoms with Crippen LogP contribution in [-0.2, 0) is 14.3 Å². The molecule has 0 radical (unpaired) electrons. The SMILES string of the molecule is CC1=C(C)C(=O)C(COC(=O)c2ccc(N(CCCl)CCCl)c(OCC3CC3)c2)=C(C)C1=O. The third-order valence-electron chi connectivity index (χ3n) is 6.08. The minimum atomic E-state index is -0.594. The van der Waals surface area contributed by atoms with E-state index in [1.807, 2.05) is 4.90 Å². The quantitative estimate of drug-likeness (QED) is 0.252. The monoisotopic (exact) mass is 493 g/mol. The van der Waals surface area contributed by atoms with Crippen LogP contribution in [0, 0.1) is 5.92 Å². The Kier molecular flexibility index (Phi) is 8.60. The van der Waals surface area contributed by atoms with Crippen molar-refractivity contribution in [3.63, 3.8) is 0 Å². The number of hydrogen-bond donors (Lipinski definition) is 0. The van der Waals surface area contributed by atoms with Crippen LogP contribution in [0.1, 0.15) is 44.0 Å². The molecule has 0 unspecified atom stereocenters. The predicted octanol–water partition coefficient (Wildman–Crippen LogP) is 4.72. The van der Waals surface area contributed by atoms with Gasteiger partial charge in [0.2, 0.25) is 0 Å². The van der Waals surface area contributed by atoms with Gasteiger partial charge in [0.25, 0.3) is 0 Å². The Morgan fingerprint density at radius 1 is 1.00 bits per heavy atom. The fourth-order valence-corrected chi connectivity index (χ4v) is 4.03. The molecular weight excluding hydrogens is 465 g/mol. The van der Waals surface area contributed by atoms with Crippen LogP contribution in [0.3, 0.4) is 0 Å². The van der Waals surface area contributed by atoms with Crippen LogP contribution in [0.5, 0.6) is 5.75 Å². The first kappa shape index (κ1) is 25.3. The number of allylic oxidation sites excluding steroid dienone is 3. The number of alkyl halides is 2. The van der Waals surface area contributed by atoms with Gasteiger partial charge < -0.3 is 14.4 Å². The maximum absolute atomic E-state index is 12.8. The van der Waals surface area contributed by atoms with Gasteiger partial charge in [-0.3, -0.25) is 9.59 Å². The van der Waals surface area contributed by atoms with Crippen LogP contribution in [-0.4, -0.2) is 55.6 Å². The van der Waals surface area contributed by atoms with E-state index in [2.05, 4.69) is 0 Å². The Morgan fingerprint density at radius 3 is 2.24 bits per heavy atom. The Morgan fingerprint density at radius 2 is 1.64 bits per heavy atom. The highest BCUT2D eigenvalue weighted by Gasteiger charge is 2.29. The average Bonchev–Trinajstić information content (AvgIpc) is 3.64. The number of ether oxygens (including phenoxy) is 2. The lowest BCUT2D eigenvalue weighted by atomic mass is 9.86. The van der Waals surface area contributed by atoms with Crippen molar-refractivity contribution in [1.82, 2.24) is 0 Å². The third-order valence-corrected chi connectivity index (χ3v) is 6.41. The fraction of sp³-hybridized carbons (Fsp3) is 0.480. The standard InChI is InChI=1S/C25H29Cl2NO5/c1-15-16(2)24(30)20(17(3)23(15)29)14-33-25(31)19-6-7-21(28(10-8-26)11-9-27)22(12-19)32-13-18-4-5-18/h6-7,12,18H,4-5,8-11,13-14H2,1-3H3. The average molecular weight is 494 g/mol. The minimum Gasteiger partial charge on any atom is -0.491 e. The third kappa shape index (κ3) is 5.98. The molecular formula is C25H29Cl2NO5. The summed E-state index contributed by atoms with van der Waals surface area (Å²) in [6.07, 6.45) is 2.28. The molecule has 1 aromatic carbocycles. The van der Waals surface area contributed by atoms with E-state index in [4.69, 9.17) is 32.7 Å². The molecule has 0 atom stereocenters. The molecule has 0 spiro atoms. The van der Waals surface area contributed by atoms with E-state index in [9.17, 15) is 14.4 Å².